The molecule has 2 heterocycles. The Morgan fingerprint density at radius 2 is 1.88 bits per heavy atom. The van der Waals surface area contributed by atoms with E-state index in [-0.39, 0.29) is 11.6 Å². The maximum atomic E-state index is 13.7. The van der Waals surface area contributed by atoms with Gasteiger partial charge in [-0.2, -0.15) is 13.4 Å². The molecule has 1 N–H and O–H groups in total. The van der Waals surface area contributed by atoms with Gasteiger partial charge >= 0.3 is 17.7 Å². The number of fused-ring (bicyclic) bond motifs is 1. The van der Waals surface area contributed by atoms with Crippen LogP contribution in [-0.4, -0.2) is 51.7 Å². The van der Waals surface area contributed by atoms with Crippen LogP contribution in [0.15, 0.2) is 41.2 Å². The van der Waals surface area contributed by atoms with Crippen LogP contribution in [-0.2, 0) is 0 Å². The molecule has 5 rings (SSSR count). The first-order valence-corrected chi connectivity index (χ1v) is 11.6. The van der Waals surface area contributed by atoms with Gasteiger partial charge in [-0.15, -0.1) is 4.68 Å². The van der Waals surface area contributed by atoms with Crippen LogP contribution in [0.4, 0.5) is 10.5 Å². The number of carbonyl (C=O) groups is 2. The van der Waals surface area contributed by atoms with E-state index in [1.165, 1.54) is 11.0 Å². The lowest BCUT2D eigenvalue weighted by Crippen LogP contribution is -2.47. The van der Waals surface area contributed by atoms with Crippen molar-refractivity contribution < 1.29 is 14.7 Å². The average molecular weight is 480 g/mol. The number of aromatic carboxylic acids is 1. The summed E-state index contributed by atoms with van der Waals surface area (Å²) in [5.74, 6) is -1.08. The quantitative estimate of drug-likeness (QED) is 0.441. The first-order valence-electron chi connectivity index (χ1n) is 10.9. The molecule has 4 aromatic rings. The molecule has 0 unspecified atom stereocenters. The summed E-state index contributed by atoms with van der Waals surface area (Å²) in [6.45, 7) is 1.70. The molecule has 0 radical (unpaired) electrons. The lowest BCUT2D eigenvalue weighted by molar-refractivity contribution is 0.0696. The molecule has 2 aromatic heterocycles. The number of benzene rings is 2. The molecule has 34 heavy (non-hydrogen) atoms. The number of carboxylic acid groups (broad SMARTS) is 1. The summed E-state index contributed by atoms with van der Waals surface area (Å²) in [6.07, 6.45) is 4.43. The predicted octanol–water partition coefficient (Wildman–Crippen LogP) is 3.25. The van der Waals surface area contributed by atoms with Gasteiger partial charge < -0.3 is 5.11 Å². The van der Waals surface area contributed by atoms with Gasteiger partial charge in [-0.25, -0.2) is 14.4 Å². The standard InChI is InChI=1S/C22H21N7O4S/c1-13-10-11-15(12-16(13)20(30)31)27(14-6-3-2-4-7-14)21(32)29-22(33)28(25-26-29)18-9-5-8-17-19(18)24-34-23-17/h5,8-12,14H,2-4,6-7H2,1H3,(H,30,31). The number of anilines is 1. The molecule has 1 saturated carbocycles. The van der Waals surface area contributed by atoms with Crippen molar-refractivity contribution in [2.75, 3.05) is 4.90 Å². The third-order valence-electron chi connectivity index (χ3n) is 6.13. The van der Waals surface area contributed by atoms with Crippen LogP contribution in [0.5, 0.6) is 0 Å². The zero-order chi connectivity index (χ0) is 23.8. The Hall–Kier alpha value is -3.93. The van der Waals surface area contributed by atoms with Gasteiger partial charge in [0.05, 0.1) is 17.3 Å². The summed E-state index contributed by atoms with van der Waals surface area (Å²) < 4.78 is 10.1. The van der Waals surface area contributed by atoms with Crippen molar-refractivity contribution in [3.63, 3.8) is 0 Å². The first kappa shape index (κ1) is 21.9. The molecular weight excluding hydrogens is 458 g/mol. The second-order valence-electron chi connectivity index (χ2n) is 8.24. The molecule has 0 bridgehead atoms. The fourth-order valence-electron chi connectivity index (χ4n) is 4.39. The van der Waals surface area contributed by atoms with E-state index in [4.69, 9.17) is 0 Å². The SMILES string of the molecule is Cc1ccc(N(C(=O)n2nnn(-c3cccc4nsnc34)c2=O)C2CCCCC2)cc1C(=O)O. The Morgan fingerprint density at radius 3 is 2.65 bits per heavy atom. The summed E-state index contributed by atoms with van der Waals surface area (Å²) in [5, 5.41) is 17.4. The number of rotatable bonds is 4. The molecule has 1 aliphatic rings. The Labute approximate surface area is 197 Å². The van der Waals surface area contributed by atoms with Crippen LogP contribution >= 0.6 is 11.7 Å². The van der Waals surface area contributed by atoms with Crippen LogP contribution in [0, 0.1) is 6.92 Å². The van der Waals surface area contributed by atoms with Gasteiger partial charge in [-0.1, -0.05) is 31.4 Å². The zero-order valence-corrected chi connectivity index (χ0v) is 19.1. The van der Waals surface area contributed by atoms with Gasteiger partial charge in [0.25, 0.3) is 0 Å². The van der Waals surface area contributed by atoms with Crippen LogP contribution < -0.4 is 10.6 Å². The maximum absolute atomic E-state index is 13.7. The van der Waals surface area contributed by atoms with Gasteiger partial charge in [0.15, 0.2) is 0 Å². The Morgan fingerprint density at radius 1 is 1.09 bits per heavy atom. The molecule has 12 heteroatoms. The van der Waals surface area contributed by atoms with Gasteiger partial charge in [0.1, 0.15) is 16.7 Å². The van der Waals surface area contributed by atoms with Crippen LogP contribution in [0.2, 0.25) is 0 Å². The molecule has 2 aromatic carbocycles. The van der Waals surface area contributed by atoms with E-state index in [1.807, 2.05) is 0 Å². The number of carboxylic acids is 1. The number of tetrazole rings is 1. The predicted molar refractivity (Wildman–Crippen MR) is 125 cm³/mol. The second-order valence-corrected chi connectivity index (χ2v) is 8.77. The van der Waals surface area contributed by atoms with Gasteiger partial charge in [-0.3, -0.25) is 4.90 Å². The summed E-state index contributed by atoms with van der Waals surface area (Å²) in [5.41, 5.74) is 1.83. The van der Waals surface area contributed by atoms with Crippen molar-refractivity contribution in [2.45, 2.75) is 45.1 Å². The summed E-state index contributed by atoms with van der Waals surface area (Å²) in [4.78, 5) is 40.1. The highest BCUT2D eigenvalue weighted by Gasteiger charge is 2.31. The van der Waals surface area contributed by atoms with Crippen molar-refractivity contribution in [1.29, 1.82) is 0 Å². The smallest absolute Gasteiger partial charge is 0.377 e. The largest absolute Gasteiger partial charge is 0.478 e. The maximum Gasteiger partial charge on any atom is 0.377 e. The molecule has 0 saturated heterocycles. The summed E-state index contributed by atoms with van der Waals surface area (Å²) in [7, 11) is 0. The minimum absolute atomic E-state index is 0.102. The zero-order valence-electron chi connectivity index (χ0n) is 18.3. The minimum Gasteiger partial charge on any atom is -0.478 e. The lowest BCUT2D eigenvalue weighted by atomic mass is 9.93. The number of amides is 1. The topological polar surface area (TPSA) is 136 Å². The molecule has 0 spiro atoms. The third-order valence-corrected chi connectivity index (χ3v) is 6.67. The van der Waals surface area contributed by atoms with Crippen LogP contribution in [0.1, 0.15) is 48.0 Å². The van der Waals surface area contributed by atoms with Gasteiger partial charge in [0, 0.05) is 11.7 Å². The number of aryl methyl sites for hydroxylation is 1. The summed E-state index contributed by atoms with van der Waals surface area (Å²) >= 11 is 1.01. The average Bonchev–Trinajstić information content (AvgIpc) is 3.47. The highest BCUT2D eigenvalue weighted by atomic mass is 32.1. The highest BCUT2D eigenvalue weighted by molar-refractivity contribution is 7.00. The van der Waals surface area contributed by atoms with E-state index >= 15 is 0 Å². The van der Waals surface area contributed by atoms with Crippen molar-refractivity contribution in [2.24, 2.45) is 0 Å². The van der Waals surface area contributed by atoms with Crippen molar-refractivity contribution in [3.8, 4) is 5.69 Å². The summed E-state index contributed by atoms with van der Waals surface area (Å²) in [6, 6.07) is 9.13. The molecule has 0 aliphatic heterocycles. The van der Waals surface area contributed by atoms with Crippen molar-refractivity contribution in [1.82, 2.24) is 28.5 Å². The highest BCUT2D eigenvalue weighted by Crippen LogP contribution is 2.29. The van der Waals surface area contributed by atoms with Crippen LogP contribution in [0.25, 0.3) is 16.7 Å². The van der Waals surface area contributed by atoms with Crippen LogP contribution in [0.3, 0.4) is 0 Å². The number of nitrogens with zero attached hydrogens (tertiary/aromatic N) is 7. The molecule has 1 aliphatic carbocycles. The number of aromatic nitrogens is 6. The lowest BCUT2D eigenvalue weighted by Gasteiger charge is -2.33. The third kappa shape index (κ3) is 3.75. The van der Waals surface area contributed by atoms with Crippen molar-refractivity contribution in [3.05, 3.63) is 58.0 Å². The van der Waals surface area contributed by atoms with Gasteiger partial charge in [0.2, 0.25) is 0 Å². The fourth-order valence-corrected chi connectivity index (χ4v) is 4.93. The number of carbonyl (C=O) groups excluding carboxylic acids is 1. The Balaban J connectivity index is 1.59. The minimum atomic E-state index is -1.08. The first-order chi connectivity index (χ1) is 16.5. The molecule has 1 amide bonds. The van der Waals surface area contributed by atoms with E-state index in [0.717, 1.165) is 48.5 Å². The molecule has 1 fully saturated rings. The van der Waals surface area contributed by atoms with E-state index in [1.54, 1.807) is 37.3 Å². The number of hydrogen-bond acceptors (Lipinski definition) is 8. The second kappa shape index (κ2) is 8.78. The van der Waals surface area contributed by atoms with E-state index in [2.05, 4.69) is 19.2 Å². The Kier molecular flexibility index (Phi) is 5.65. The van der Waals surface area contributed by atoms with Crippen molar-refractivity contribution >= 4 is 40.4 Å². The number of hydrogen-bond donors (Lipinski definition) is 1. The van der Waals surface area contributed by atoms with E-state index < -0.39 is 17.7 Å². The molecule has 174 valence electrons. The Bertz CT molecular complexity index is 1450. The fraction of sp³-hybridized carbons (Fsp3) is 0.318. The monoisotopic (exact) mass is 479 g/mol. The van der Waals surface area contributed by atoms with Gasteiger partial charge in [-0.05, 0) is 60.0 Å². The van der Waals surface area contributed by atoms with E-state index in [0.29, 0.717) is 32.7 Å². The molecule has 0 atom stereocenters. The normalized spacial score (nSPS) is 14.4. The molecular formula is C22H21N7O4S. The van der Waals surface area contributed by atoms with E-state index in [9.17, 15) is 19.5 Å². The molecule has 11 nitrogen and oxygen atoms in total.